The number of hydrogen-bond acceptors (Lipinski definition) is 2. The maximum atomic E-state index is 13.3. The van der Waals surface area contributed by atoms with E-state index < -0.39 is 14.8 Å². The molecule has 0 saturated carbocycles. The summed E-state index contributed by atoms with van der Waals surface area (Å²) >= 11 is 0. The molecule has 0 fully saturated rings. The standard InChI is InChI=1S/C26H31NO2S/c1-21(27-30(28,29)26(2,3)20-23-15-9-5-10-16-23)25(24-17-11-6-12-18-24)19-22-13-7-4-8-14-22/h4-18,21,25,27H,19-20H2,1-3H3. The van der Waals surface area contributed by atoms with E-state index in [9.17, 15) is 8.42 Å². The molecule has 0 bridgehead atoms. The van der Waals surface area contributed by atoms with Gasteiger partial charge in [-0.05, 0) is 50.3 Å². The predicted octanol–water partition coefficient (Wildman–Crippen LogP) is 5.34. The summed E-state index contributed by atoms with van der Waals surface area (Å²) < 4.78 is 28.8. The molecule has 0 aliphatic heterocycles. The summed E-state index contributed by atoms with van der Waals surface area (Å²) in [5, 5.41) is 0. The molecule has 1 N–H and O–H groups in total. The summed E-state index contributed by atoms with van der Waals surface area (Å²) in [5.74, 6) is 0.0379. The molecule has 2 atom stereocenters. The largest absolute Gasteiger partial charge is 0.217 e. The summed E-state index contributed by atoms with van der Waals surface area (Å²) in [6, 6.07) is 29.9. The van der Waals surface area contributed by atoms with Gasteiger partial charge >= 0.3 is 0 Å². The fourth-order valence-electron chi connectivity index (χ4n) is 3.82. The number of rotatable bonds is 9. The van der Waals surface area contributed by atoms with Crippen molar-refractivity contribution in [2.45, 2.75) is 50.3 Å². The van der Waals surface area contributed by atoms with Gasteiger partial charge in [-0.1, -0.05) is 91.0 Å². The van der Waals surface area contributed by atoms with Crippen LogP contribution in [0.15, 0.2) is 91.0 Å². The molecule has 0 radical (unpaired) electrons. The van der Waals surface area contributed by atoms with Crippen molar-refractivity contribution >= 4 is 10.0 Å². The van der Waals surface area contributed by atoms with E-state index in [4.69, 9.17) is 0 Å². The Bertz CT molecular complexity index is 1020. The van der Waals surface area contributed by atoms with Crippen molar-refractivity contribution in [1.29, 1.82) is 0 Å². The summed E-state index contributed by atoms with van der Waals surface area (Å²) in [7, 11) is -3.55. The Morgan fingerprint density at radius 3 is 1.77 bits per heavy atom. The van der Waals surface area contributed by atoms with Crippen molar-refractivity contribution in [2.75, 3.05) is 0 Å². The molecule has 0 saturated heterocycles. The van der Waals surface area contributed by atoms with Crippen molar-refractivity contribution in [3.8, 4) is 0 Å². The summed E-state index contributed by atoms with van der Waals surface area (Å²) in [6.45, 7) is 5.56. The smallest absolute Gasteiger partial charge is 0.212 e. The normalized spacial score (nSPS) is 14.2. The van der Waals surface area contributed by atoms with E-state index in [1.165, 1.54) is 5.56 Å². The molecule has 0 spiro atoms. The monoisotopic (exact) mass is 421 g/mol. The van der Waals surface area contributed by atoms with Gasteiger partial charge in [-0.15, -0.1) is 0 Å². The molecule has 2 unspecified atom stereocenters. The average molecular weight is 422 g/mol. The Hall–Kier alpha value is -2.43. The van der Waals surface area contributed by atoms with Crippen molar-refractivity contribution in [3.63, 3.8) is 0 Å². The van der Waals surface area contributed by atoms with Gasteiger partial charge < -0.3 is 0 Å². The molecular weight excluding hydrogens is 390 g/mol. The zero-order chi connectivity index (χ0) is 21.6. The van der Waals surface area contributed by atoms with Crippen LogP contribution in [0.1, 0.15) is 43.4 Å². The second-order valence-electron chi connectivity index (χ2n) is 8.54. The number of sulfonamides is 1. The average Bonchev–Trinajstić information content (AvgIpc) is 2.73. The third kappa shape index (κ3) is 5.59. The van der Waals surface area contributed by atoms with Crippen LogP contribution in [-0.4, -0.2) is 19.2 Å². The minimum absolute atomic E-state index is 0.0379. The van der Waals surface area contributed by atoms with Crippen LogP contribution >= 0.6 is 0 Å². The second kappa shape index (κ2) is 9.59. The first kappa shape index (κ1) is 22.3. The van der Waals surface area contributed by atoms with Gasteiger partial charge in [0.05, 0.1) is 4.75 Å². The van der Waals surface area contributed by atoms with E-state index in [2.05, 4.69) is 29.0 Å². The Morgan fingerprint density at radius 1 is 0.767 bits per heavy atom. The highest BCUT2D eigenvalue weighted by molar-refractivity contribution is 7.90. The number of nitrogens with one attached hydrogen (secondary N) is 1. The lowest BCUT2D eigenvalue weighted by molar-refractivity contribution is 0.480. The zero-order valence-electron chi connectivity index (χ0n) is 18.0. The molecular formula is C26H31NO2S. The van der Waals surface area contributed by atoms with Crippen LogP contribution in [-0.2, 0) is 22.9 Å². The topological polar surface area (TPSA) is 46.2 Å². The molecule has 0 aromatic heterocycles. The van der Waals surface area contributed by atoms with E-state index in [0.717, 1.165) is 17.5 Å². The molecule has 0 aliphatic carbocycles. The zero-order valence-corrected chi connectivity index (χ0v) is 18.8. The Labute approximate surface area is 181 Å². The third-order valence-corrected chi connectivity index (χ3v) is 7.95. The van der Waals surface area contributed by atoms with Crippen LogP contribution in [0, 0.1) is 0 Å². The van der Waals surface area contributed by atoms with Crippen LogP contribution in [0.4, 0.5) is 0 Å². The highest BCUT2D eigenvalue weighted by Crippen LogP contribution is 2.28. The first-order valence-electron chi connectivity index (χ1n) is 10.4. The summed E-state index contributed by atoms with van der Waals surface area (Å²) in [5.41, 5.74) is 3.35. The lowest BCUT2D eigenvalue weighted by atomic mass is 9.87. The molecule has 0 aliphatic rings. The van der Waals surface area contributed by atoms with Crippen LogP contribution in [0.5, 0.6) is 0 Å². The Morgan fingerprint density at radius 2 is 1.23 bits per heavy atom. The van der Waals surface area contributed by atoms with Crippen LogP contribution in [0.2, 0.25) is 0 Å². The molecule has 3 aromatic carbocycles. The van der Waals surface area contributed by atoms with Crippen molar-refractivity contribution in [3.05, 3.63) is 108 Å². The highest BCUT2D eigenvalue weighted by atomic mass is 32.2. The molecule has 3 nitrogen and oxygen atoms in total. The quantitative estimate of drug-likeness (QED) is 0.507. The minimum atomic E-state index is -3.55. The fraction of sp³-hybridized carbons (Fsp3) is 0.308. The first-order chi connectivity index (χ1) is 14.3. The molecule has 3 aromatic rings. The van der Waals surface area contributed by atoms with Gasteiger partial charge in [0.1, 0.15) is 0 Å². The lowest BCUT2D eigenvalue weighted by Crippen LogP contribution is -2.48. The van der Waals surface area contributed by atoms with Gasteiger partial charge in [0.15, 0.2) is 0 Å². The molecule has 158 valence electrons. The van der Waals surface area contributed by atoms with Gasteiger partial charge in [-0.3, -0.25) is 0 Å². The SMILES string of the molecule is CC(NS(=O)(=O)C(C)(C)Cc1ccccc1)C(Cc1ccccc1)c1ccccc1. The molecule has 4 heteroatoms. The van der Waals surface area contributed by atoms with E-state index >= 15 is 0 Å². The van der Waals surface area contributed by atoms with Gasteiger partial charge in [0, 0.05) is 12.0 Å². The van der Waals surface area contributed by atoms with E-state index in [0.29, 0.717) is 6.42 Å². The molecule has 3 rings (SSSR count). The van der Waals surface area contributed by atoms with E-state index in [-0.39, 0.29) is 12.0 Å². The first-order valence-corrected chi connectivity index (χ1v) is 11.9. The Kier molecular flexibility index (Phi) is 7.11. The number of hydrogen-bond donors (Lipinski definition) is 1. The molecule has 0 amide bonds. The van der Waals surface area contributed by atoms with Crippen LogP contribution < -0.4 is 4.72 Å². The Balaban J connectivity index is 1.82. The summed E-state index contributed by atoms with van der Waals surface area (Å²) in [6.07, 6.45) is 1.23. The lowest BCUT2D eigenvalue weighted by Gasteiger charge is -2.31. The minimum Gasteiger partial charge on any atom is -0.212 e. The van der Waals surface area contributed by atoms with Gasteiger partial charge in [0.25, 0.3) is 0 Å². The van der Waals surface area contributed by atoms with Gasteiger partial charge in [-0.2, -0.15) is 0 Å². The fourth-order valence-corrected chi connectivity index (χ4v) is 5.15. The van der Waals surface area contributed by atoms with Crippen molar-refractivity contribution < 1.29 is 8.42 Å². The van der Waals surface area contributed by atoms with Crippen LogP contribution in [0.25, 0.3) is 0 Å². The highest BCUT2D eigenvalue weighted by Gasteiger charge is 2.36. The third-order valence-electron chi connectivity index (χ3n) is 5.67. The maximum absolute atomic E-state index is 13.3. The number of benzene rings is 3. The van der Waals surface area contributed by atoms with E-state index in [1.807, 2.05) is 73.7 Å². The molecule has 0 heterocycles. The van der Waals surface area contributed by atoms with Gasteiger partial charge in [-0.25, -0.2) is 13.1 Å². The summed E-state index contributed by atoms with van der Waals surface area (Å²) in [4.78, 5) is 0. The molecule has 30 heavy (non-hydrogen) atoms. The second-order valence-corrected chi connectivity index (χ2v) is 10.9. The van der Waals surface area contributed by atoms with Crippen LogP contribution in [0.3, 0.4) is 0 Å². The maximum Gasteiger partial charge on any atom is 0.217 e. The van der Waals surface area contributed by atoms with Crippen molar-refractivity contribution in [1.82, 2.24) is 4.72 Å². The van der Waals surface area contributed by atoms with Crippen molar-refractivity contribution in [2.24, 2.45) is 0 Å². The van der Waals surface area contributed by atoms with E-state index in [1.54, 1.807) is 13.8 Å². The van der Waals surface area contributed by atoms with Gasteiger partial charge in [0.2, 0.25) is 10.0 Å². The predicted molar refractivity (Wildman–Crippen MR) is 125 cm³/mol.